The van der Waals surface area contributed by atoms with Crippen LogP contribution in [0.5, 0.6) is 0 Å². The predicted octanol–water partition coefficient (Wildman–Crippen LogP) is 3.70. The van der Waals surface area contributed by atoms with Crippen LogP contribution in [0.25, 0.3) is 0 Å². The first-order valence-electron chi connectivity index (χ1n) is 8.98. The molecule has 0 bridgehead atoms. The highest BCUT2D eigenvalue weighted by atomic mass is 32.2. The molecule has 0 aliphatic carbocycles. The van der Waals surface area contributed by atoms with Gasteiger partial charge < -0.3 is 16.0 Å². The topological polar surface area (TPSA) is 137 Å². The van der Waals surface area contributed by atoms with Gasteiger partial charge in [0.15, 0.2) is 0 Å². The Bertz CT molecular complexity index is 1260. The Morgan fingerprint density at radius 2 is 1.65 bits per heavy atom. The zero-order valence-corrected chi connectivity index (χ0v) is 17.0. The summed E-state index contributed by atoms with van der Waals surface area (Å²) in [6, 6.07) is 23.0. The van der Waals surface area contributed by atoms with E-state index >= 15 is 0 Å². The monoisotopic (exact) mass is 434 g/mol. The minimum atomic E-state index is -4.43. The largest absolute Gasteiger partial charge is 0.399 e. The van der Waals surface area contributed by atoms with Gasteiger partial charge >= 0.3 is 0 Å². The van der Waals surface area contributed by atoms with Gasteiger partial charge in [0, 0.05) is 28.9 Å². The number of hydrogen-bond acceptors (Lipinski definition) is 6. The number of nitrogens with two attached hydrogens (primary N) is 1. The minimum Gasteiger partial charge on any atom is -0.399 e. The smallest absolute Gasteiger partial charge is 0.294 e. The fraction of sp³-hybridized carbons (Fsp3) is 0. The summed E-state index contributed by atoms with van der Waals surface area (Å²) in [5, 5.41) is 12.1. The van der Waals surface area contributed by atoms with Crippen molar-refractivity contribution in [1.29, 1.82) is 5.26 Å². The number of nitrogen functional groups attached to an aromatic ring is 1. The van der Waals surface area contributed by atoms with Gasteiger partial charge in [0.2, 0.25) is 0 Å². The molecule has 0 spiro atoms. The third kappa shape index (κ3) is 5.48. The van der Waals surface area contributed by atoms with Crippen LogP contribution >= 0.6 is 0 Å². The van der Waals surface area contributed by atoms with Crippen molar-refractivity contribution in [2.24, 2.45) is 0 Å². The lowest BCUT2D eigenvalue weighted by molar-refractivity contribution is -0.112. The molecule has 156 valence electrons. The molecule has 0 saturated heterocycles. The molecule has 3 aromatic carbocycles. The Morgan fingerprint density at radius 1 is 1.00 bits per heavy atom. The van der Waals surface area contributed by atoms with Crippen molar-refractivity contribution in [1.82, 2.24) is 0 Å². The van der Waals surface area contributed by atoms with E-state index < -0.39 is 16.0 Å². The van der Waals surface area contributed by atoms with E-state index in [4.69, 9.17) is 5.73 Å². The highest BCUT2D eigenvalue weighted by molar-refractivity contribution is 7.85. The van der Waals surface area contributed by atoms with Gasteiger partial charge in [0.25, 0.3) is 16.0 Å². The average molecular weight is 434 g/mol. The fourth-order valence-electron chi connectivity index (χ4n) is 2.72. The number of carbonyl (C=O) groups excluding carboxylic acids is 1. The van der Waals surface area contributed by atoms with Gasteiger partial charge in [-0.15, -0.1) is 0 Å². The van der Waals surface area contributed by atoms with Crippen LogP contribution in [0.4, 0.5) is 22.7 Å². The second-order valence-electron chi connectivity index (χ2n) is 6.41. The molecule has 0 aromatic heterocycles. The molecule has 0 aliphatic heterocycles. The van der Waals surface area contributed by atoms with E-state index in [9.17, 15) is 23.0 Å². The molecule has 9 heteroatoms. The Kier molecular flexibility index (Phi) is 6.35. The van der Waals surface area contributed by atoms with Gasteiger partial charge in [-0.25, -0.2) is 0 Å². The maximum Gasteiger partial charge on any atom is 0.294 e. The highest BCUT2D eigenvalue weighted by Gasteiger charge is 2.16. The number of para-hydroxylation sites is 1. The molecular formula is C22H18N4O4S. The van der Waals surface area contributed by atoms with Crippen LogP contribution in [-0.2, 0) is 14.9 Å². The molecule has 3 rings (SSSR count). The third-order valence-corrected chi connectivity index (χ3v) is 5.07. The van der Waals surface area contributed by atoms with E-state index in [0.29, 0.717) is 17.1 Å². The van der Waals surface area contributed by atoms with Crippen molar-refractivity contribution in [3.8, 4) is 6.07 Å². The number of carbonyl (C=O) groups is 1. The highest BCUT2D eigenvalue weighted by Crippen LogP contribution is 2.27. The van der Waals surface area contributed by atoms with Crippen LogP contribution in [0.15, 0.2) is 95.5 Å². The number of nitrogens with zero attached hydrogens (tertiary/aromatic N) is 2. The molecule has 0 aliphatic rings. The minimum absolute atomic E-state index is 0.111. The Hall–Kier alpha value is -4.13. The maximum absolute atomic E-state index is 12.7. The van der Waals surface area contributed by atoms with Crippen molar-refractivity contribution in [2.75, 3.05) is 16.0 Å². The SMILES string of the molecule is N#C/C(=C/N(c1ccccc1)c1ccc(N)cc1)C(=O)Nc1cccc(S(=O)(=O)O)c1. The van der Waals surface area contributed by atoms with E-state index in [1.807, 2.05) is 36.4 Å². The van der Waals surface area contributed by atoms with E-state index in [0.717, 1.165) is 6.07 Å². The summed E-state index contributed by atoms with van der Waals surface area (Å²) in [5.74, 6) is -0.744. The second-order valence-corrected chi connectivity index (χ2v) is 7.83. The quantitative estimate of drug-likeness (QED) is 0.233. The van der Waals surface area contributed by atoms with Crippen molar-refractivity contribution in [2.45, 2.75) is 4.90 Å². The number of hydrogen-bond donors (Lipinski definition) is 3. The van der Waals surface area contributed by atoms with Crippen molar-refractivity contribution < 1.29 is 17.8 Å². The number of nitriles is 1. The lowest BCUT2D eigenvalue weighted by Gasteiger charge is -2.21. The molecule has 0 heterocycles. The molecule has 0 radical (unpaired) electrons. The number of anilines is 4. The number of benzene rings is 3. The summed E-state index contributed by atoms with van der Waals surface area (Å²) >= 11 is 0. The van der Waals surface area contributed by atoms with Crippen molar-refractivity contribution >= 4 is 38.8 Å². The Morgan fingerprint density at radius 3 is 2.26 bits per heavy atom. The van der Waals surface area contributed by atoms with Gasteiger partial charge in [-0.2, -0.15) is 13.7 Å². The van der Waals surface area contributed by atoms with E-state index in [1.54, 1.807) is 29.2 Å². The summed E-state index contributed by atoms with van der Waals surface area (Å²) in [5.41, 5.74) is 7.60. The van der Waals surface area contributed by atoms with Crippen LogP contribution < -0.4 is 16.0 Å². The number of rotatable bonds is 6. The standard InChI is InChI=1S/C22H18N4O4S/c23-14-16(22(27)25-18-5-4-8-21(13-18)31(28,29)30)15-26(19-6-2-1-3-7-19)20-11-9-17(24)10-12-20/h1-13,15H,24H2,(H,25,27)(H,28,29,30)/b16-15-. The first-order chi connectivity index (χ1) is 14.8. The van der Waals surface area contributed by atoms with Crippen LogP contribution in [0.3, 0.4) is 0 Å². The molecule has 8 nitrogen and oxygen atoms in total. The van der Waals surface area contributed by atoms with E-state index in [-0.39, 0.29) is 16.2 Å². The molecule has 31 heavy (non-hydrogen) atoms. The number of nitrogens with one attached hydrogen (secondary N) is 1. The van der Waals surface area contributed by atoms with Crippen LogP contribution in [0, 0.1) is 11.3 Å². The Balaban J connectivity index is 1.96. The first kappa shape index (κ1) is 21.6. The normalized spacial score (nSPS) is 11.4. The molecule has 4 N–H and O–H groups in total. The summed E-state index contributed by atoms with van der Waals surface area (Å²) in [4.78, 5) is 14.0. The fourth-order valence-corrected chi connectivity index (χ4v) is 3.25. The van der Waals surface area contributed by atoms with Crippen LogP contribution in [-0.4, -0.2) is 18.9 Å². The Labute approximate surface area is 179 Å². The summed E-state index contributed by atoms with van der Waals surface area (Å²) in [6.45, 7) is 0. The predicted molar refractivity (Wildman–Crippen MR) is 118 cm³/mol. The lowest BCUT2D eigenvalue weighted by atomic mass is 10.2. The second kappa shape index (κ2) is 9.13. The molecular weight excluding hydrogens is 416 g/mol. The van der Waals surface area contributed by atoms with Crippen LogP contribution in [0.2, 0.25) is 0 Å². The molecule has 0 unspecified atom stereocenters. The molecule has 3 aromatic rings. The molecule has 0 saturated carbocycles. The number of amides is 1. The summed E-state index contributed by atoms with van der Waals surface area (Å²) in [7, 11) is -4.43. The molecule has 1 amide bonds. The summed E-state index contributed by atoms with van der Waals surface area (Å²) < 4.78 is 31.8. The van der Waals surface area contributed by atoms with E-state index in [1.165, 1.54) is 24.4 Å². The van der Waals surface area contributed by atoms with Gasteiger partial charge in [0.1, 0.15) is 11.6 Å². The zero-order chi connectivity index (χ0) is 22.4. The molecule has 0 fully saturated rings. The van der Waals surface area contributed by atoms with Gasteiger partial charge in [-0.05, 0) is 54.6 Å². The van der Waals surface area contributed by atoms with Crippen LogP contribution in [0.1, 0.15) is 0 Å². The maximum atomic E-state index is 12.7. The molecule has 0 atom stereocenters. The van der Waals surface area contributed by atoms with Gasteiger partial charge in [-0.1, -0.05) is 24.3 Å². The van der Waals surface area contributed by atoms with Gasteiger partial charge in [-0.3, -0.25) is 9.35 Å². The van der Waals surface area contributed by atoms with Crippen molar-refractivity contribution in [3.63, 3.8) is 0 Å². The first-order valence-corrected chi connectivity index (χ1v) is 10.4. The van der Waals surface area contributed by atoms with E-state index in [2.05, 4.69) is 5.32 Å². The zero-order valence-electron chi connectivity index (χ0n) is 16.1. The van der Waals surface area contributed by atoms with Crippen molar-refractivity contribution in [3.05, 3.63) is 90.6 Å². The van der Waals surface area contributed by atoms with Gasteiger partial charge in [0.05, 0.1) is 4.90 Å². The lowest BCUT2D eigenvalue weighted by Crippen LogP contribution is -2.18. The average Bonchev–Trinajstić information content (AvgIpc) is 2.75. The summed E-state index contributed by atoms with van der Waals surface area (Å²) in [6.07, 6.45) is 1.38. The third-order valence-electron chi connectivity index (χ3n) is 4.22.